The van der Waals surface area contributed by atoms with E-state index >= 15 is 0 Å². The third-order valence-corrected chi connectivity index (χ3v) is 5.07. The van der Waals surface area contributed by atoms with Crippen LogP contribution in [0.4, 0.5) is 14.9 Å². The van der Waals surface area contributed by atoms with Gasteiger partial charge in [-0.3, -0.25) is 9.59 Å². The highest BCUT2D eigenvalue weighted by Crippen LogP contribution is 2.20. The fraction of sp³-hybridized carbons (Fsp3) is 0.286. The van der Waals surface area contributed by atoms with Crippen LogP contribution in [0.3, 0.4) is 0 Å². The van der Waals surface area contributed by atoms with Crippen LogP contribution in [-0.4, -0.2) is 60.4 Å². The molecule has 7 nitrogen and oxygen atoms in total. The lowest BCUT2D eigenvalue weighted by Gasteiger charge is -2.35. The van der Waals surface area contributed by atoms with Gasteiger partial charge in [0.2, 0.25) is 5.91 Å². The Morgan fingerprint density at radius 2 is 1.73 bits per heavy atom. The van der Waals surface area contributed by atoms with Gasteiger partial charge in [-0.2, -0.15) is 0 Å². The summed E-state index contributed by atoms with van der Waals surface area (Å²) in [5, 5.41) is 5.28. The number of anilines is 1. The first-order chi connectivity index (χ1) is 14.3. The molecule has 3 rings (SSSR count). The first-order valence-corrected chi connectivity index (χ1v) is 9.85. The van der Waals surface area contributed by atoms with Crippen LogP contribution in [0.1, 0.15) is 15.9 Å². The molecule has 0 saturated carbocycles. The minimum Gasteiger partial charge on any atom is -0.338 e. The molecule has 30 heavy (non-hydrogen) atoms. The number of benzene rings is 2. The average Bonchev–Trinajstić information content (AvgIpc) is 2.72. The SMILES string of the molecule is Cc1cccc(NC(=O)NCC(=O)N2CCN(C(=O)c3ccc(F)cc3Cl)CC2)c1. The number of amides is 4. The van der Waals surface area contributed by atoms with Crippen LogP contribution < -0.4 is 10.6 Å². The molecule has 4 amide bonds. The quantitative estimate of drug-likeness (QED) is 0.779. The van der Waals surface area contributed by atoms with Crippen molar-refractivity contribution in [2.24, 2.45) is 0 Å². The van der Waals surface area contributed by atoms with Gasteiger partial charge in [-0.25, -0.2) is 9.18 Å². The van der Waals surface area contributed by atoms with Gasteiger partial charge in [-0.05, 0) is 42.8 Å². The summed E-state index contributed by atoms with van der Waals surface area (Å²) >= 11 is 5.96. The lowest BCUT2D eigenvalue weighted by molar-refractivity contribution is -0.131. The fourth-order valence-corrected chi connectivity index (χ4v) is 3.41. The predicted octanol–water partition coefficient (Wildman–Crippen LogP) is 2.89. The van der Waals surface area contributed by atoms with Gasteiger partial charge >= 0.3 is 6.03 Å². The van der Waals surface area contributed by atoms with Gasteiger partial charge in [-0.15, -0.1) is 0 Å². The highest BCUT2D eigenvalue weighted by Gasteiger charge is 2.26. The summed E-state index contributed by atoms with van der Waals surface area (Å²) in [7, 11) is 0. The van der Waals surface area contributed by atoms with Gasteiger partial charge in [0.05, 0.1) is 17.1 Å². The van der Waals surface area contributed by atoms with Gasteiger partial charge in [0.15, 0.2) is 0 Å². The van der Waals surface area contributed by atoms with Crippen LogP contribution in [0.5, 0.6) is 0 Å². The molecule has 158 valence electrons. The third-order valence-electron chi connectivity index (χ3n) is 4.76. The maximum Gasteiger partial charge on any atom is 0.319 e. The van der Waals surface area contributed by atoms with E-state index in [-0.39, 0.29) is 28.9 Å². The average molecular weight is 433 g/mol. The Bertz CT molecular complexity index is 961. The van der Waals surface area contributed by atoms with Gasteiger partial charge in [-0.1, -0.05) is 23.7 Å². The van der Waals surface area contributed by atoms with Crippen LogP contribution >= 0.6 is 11.6 Å². The molecule has 0 radical (unpaired) electrons. The van der Waals surface area contributed by atoms with Gasteiger partial charge < -0.3 is 20.4 Å². The maximum atomic E-state index is 13.2. The van der Waals surface area contributed by atoms with Crippen LogP contribution in [0.15, 0.2) is 42.5 Å². The number of nitrogens with zero attached hydrogens (tertiary/aromatic N) is 2. The molecule has 1 heterocycles. The third kappa shape index (κ3) is 5.48. The molecule has 1 fully saturated rings. The van der Waals surface area contributed by atoms with E-state index < -0.39 is 11.8 Å². The molecule has 0 bridgehead atoms. The van der Waals surface area contributed by atoms with Crippen molar-refractivity contribution >= 4 is 35.1 Å². The molecule has 9 heteroatoms. The molecule has 0 spiro atoms. The van der Waals surface area contributed by atoms with E-state index in [1.807, 2.05) is 25.1 Å². The van der Waals surface area contributed by atoms with E-state index in [2.05, 4.69) is 10.6 Å². The highest BCUT2D eigenvalue weighted by molar-refractivity contribution is 6.33. The number of halogens is 2. The summed E-state index contributed by atoms with van der Waals surface area (Å²) in [4.78, 5) is 40.1. The number of carbonyl (C=O) groups is 3. The number of nitrogens with one attached hydrogen (secondary N) is 2. The molecular weight excluding hydrogens is 411 g/mol. The van der Waals surface area contributed by atoms with E-state index in [0.29, 0.717) is 31.9 Å². The Morgan fingerprint density at radius 1 is 1.03 bits per heavy atom. The summed E-state index contributed by atoms with van der Waals surface area (Å²) in [6.45, 7) is 3.10. The largest absolute Gasteiger partial charge is 0.338 e. The standard InChI is InChI=1S/C21H22ClFN4O3/c1-14-3-2-4-16(11-14)25-21(30)24-13-19(28)26-7-9-27(10-8-26)20(29)17-6-5-15(23)12-18(17)22/h2-6,11-12H,7-10,13H2,1H3,(H2,24,25,30). The maximum absolute atomic E-state index is 13.2. The molecule has 2 N–H and O–H groups in total. The predicted molar refractivity (Wildman–Crippen MR) is 112 cm³/mol. The Kier molecular flexibility index (Phi) is 6.89. The number of hydrogen-bond acceptors (Lipinski definition) is 3. The molecule has 0 unspecified atom stereocenters. The molecule has 2 aromatic carbocycles. The molecule has 0 aliphatic carbocycles. The molecule has 1 aliphatic rings. The van der Waals surface area contributed by atoms with Crippen LogP contribution in [0.2, 0.25) is 5.02 Å². The van der Waals surface area contributed by atoms with Crippen molar-refractivity contribution in [1.82, 2.24) is 15.1 Å². The summed E-state index contributed by atoms with van der Waals surface area (Å²) in [6.07, 6.45) is 0. The highest BCUT2D eigenvalue weighted by atomic mass is 35.5. The lowest BCUT2D eigenvalue weighted by atomic mass is 10.1. The van der Waals surface area contributed by atoms with Crippen molar-refractivity contribution in [2.75, 3.05) is 38.0 Å². The molecule has 2 aromatic rings. The number of hydrogen-bond donors (Lipinski definition) is 2. The topological polar surface area (TPSA) is 81.8 Å². The second kappa shape index (κ2) is 9.58. The Labute approximate surface area is 178 Å². The number of urea groups is 1. The van der Waals surface area contributed by atoms with Crippen LogP contribution in [0, 0.1) is 12.7 Å². The summed E-state index contributed by atoms with van der Waals surface area (Å²) < 4.78 is 13.2. The first-order valence-electron chi connectivity index (χ1n) is 9.47. The van der Waals surface area contributed by atoms with Crippen molar-refractivity contribution in [3.63, 3.8) is 0 Å². The zero-order valence-electron chi connectivity index (χ0n) is 16.5. The summed E-state index contributed by atoms with van der Waals surface area (Å²) in [5.74, 6) is -1.05. The number of aryl methyl sites for hydroxylation is 1. The van der Waals surface area contributed by atoms with E-state index in [1.165, 1.54) is 12.1 Å². The first kappa shape index (κ1) is 21.6. The zero-order chi connectivity index (χ0) is 21.7. The summed E-state index contributed by atoms with van der Waals surface area (Å²) in [5.41, 5.74) is 1.89. The monoisotopic (exact) mass is 432 g/mol. The van der Waals surface area contributed by atoms with E-state index in [0.717, 1.165) is 11.6 Å². The van der Waals surface area contributed by atoms with Crippen LogP contribution in [0.25, 0.3) is 0 Å². The van der Waals surface area contributed by atoms with Crippen LogP contribution in [-0.2, 0) is 4.79 Å². The van der Waals surface area contributed by atoms with Crippen molar-refractivity contribution in [1.29, 1.82) is 0 Å². The normalized spacial score (nSPS) is 13.7. The zero-order valence-corrected chi connectivity index (χ0v) is 17.2. The Hall–Kier alpha value is -3.13. The number of rotatable bonds is 4. The molecule has 1 saturated heterocycles. The molecule has 0 aromatic heterocycles. The minimum absolute atomic E-state index is 0.0577. The van der Waals surface area contributed by atoms with E-state index in [9.17, 15) is 18.8 Å². The molecule has 0 atom stereocenters. The van der Waals surface area contributed by atoms with Crippen molar-refractivity contribution < 1.29 is 18.8 Å². The Balaban J connectivity index is 1.45. The molecular formula is C21H22ClFN4O3. The molecule has 1 aliphatic heterocycles. The second-order valence-electron chi connectivity index (χ2n) is 6.97. The van der Waals surface area contributed by atoms with Crippen molar-refractivity contribution in [2.45, 2.75) is 6.92 Å². The van der Waals surface area contributed by atoms with Gasteiger partial charge in [0.1, 0.15) is 5.82 Å². The number of piperazine rings is 1. The Morgan fingerprint density at radius 3 is 2.40 bits per heavy atom. The van der Waals surface area contributed by atoms with Crippen molar-refractivity contribution in [3.05, 3.63) is 64.4 Å². The van der Waals surface area contributed by atoms with E-state index in [4.69, 9.17) is 11.6 Å². The lowest BCUT2D eigenvalue weighted by Crippen LogP contribution is -2.52. The smallest absolute Gasteiger partial charge is 0.319 e. The van der Waals surface area contributed by atoms with Gasteiger partial charge in [0.25, 0.3) is 5.91 Å². The van der Waals surface area contributed by atoms with Crippen molar-refractivity contribution in [3.8, 4) is 0 Å². The van der Waals surface area contributed by atoms with Gasteiger partial charge in [0, 0.05) is 31.9 Å². The van der Waals surface area contributed by atoms with E-state index in [1.54, 1.807) is 15.9 Å². The number of carbonyl (C=O) groups excluding carboxylic acids is 3. The fourth-order valence-electron chi connectivity index (χ4n) is 3.16. The minimum atomic E-state index is -0.508. The summed E-state index contributed by atoms with van der Waals surface area (Å²) in [6, 6.07) is 10.5. The second-order valence-corrected chi connectivity index (χ2v) is 7.38.